The lowest BCUT2D eigenvalue weighted by Crippen LogP contribution is -2.06. The van der Waals surface area contributed by atoms with Crippen LogP contribution in [0.1, 0.15) is 24.6 Å². The second kappa shape index (κ2) is 3.23. The zero-order valence-corrected chi connectivity index (χ0v) is 7.23. The summed E-state index contributed by atoms with van der Waals surface area (Å²) in [5, 5.41) is 7.98. The van der Waals surface area contributed by atoms with Crippen LogP contribution in [0.15, 0.2) is 6.33 Å². The first kappa shape index (κ1) is 7.73. The normalized spacial score (nSPS) is 16.8. The van der Waals surface area contributed by atoms with E-state index in [-0.39, 0.29) is 0 Å². The molecule has 0 atom stereocenters. The molecule has 0 unspecified atom stereocenters. The Morgan fingerprint density at radius 1 is 1.67 bits per heavy atom. The third-order valence-electron chi connectivity index (χ3n) is 2.12. The van der Waals surface area contributed by atoms with Gasteiger partial charge >= 0.3 is 0 Å². The van der Waals surface area contributed by atoms with Gasteiger partial charge in [0.2, 0.25) is 0 Å². The number of aromatic nitrogens is 3. The predicted octanol–water partition coefficient (Wildman–Crippen LogP) is 0.802. The zero-order chi connectivity index (χ0) is 8.39. The Bertz CT molecular complexity index is 255. The van der Waals surface area contributed by atoms with E-state index in [1.165, 1.54) is 12.8 Å². The first-order chi connectivity index (χ1) is 5.92. The Morgan fingerprint density at radius 3 is 3.17 bits per heavy atom. The Kier molecular flexibility index (Phi) is 2.08. The number of nitrogens with zero attached hydrogens (tertiary/aromatic N) is 3. The molecule has 2 rings (SSSR count). The van der Waals surface area contributed by atoms with Crippen molar-refractivity contribution in [3.8, 4) is 0 Å². The summed E-state index contributed by atoms with van der Waals surface area (Å²) in [6, 6.07) is 0. The third-order valence-corrected chi connectivity index (χ3v) is 2.12. The second-order valence-electron chi connectivity index (χ2n) is 3.15. The van der Waals surface area contributed by atoms with Crippen molar-refractivity contribution in [2.24, 2.45) is 0 Å². The molecule has 0 N–H and O–H groups in total. The Labute approximate surface area is 71.6 Å². The van der Waals surface area contributed by atoms with E-state index in [0.29, 0.717) is 5.92 Å². The fourth-order valence-corrected chi connectivity index (χ4v) is 1.28. The lowest BCUT2D eigenvalue weighted by Gasteiger charge is -2.03. The smallest absolute Gasteiger partial charge is 0.135 e. The van der Waals surface area contributed by atoms with Crippen LogP contribution in [-0.4, -0.2) is 28.5 Å². The van der Waals surface area contributed by atoms with Crippen molar-refractivity contribution >= 4 is 0 Å². The van der Waals surface area contributed by atoms with E-state index < -0.39 is 0 Å². The zero-order valence-electron chi connectivity index (χ0n) is 7.23. The summed E-state index contributed by atoms with van der Waals surface area (Å²) in [4.78, 5) is 0. The molecular formula is C8H13N3O. The van der Waals surface area contributed by atoms with Crippen molar-refractivity contribution in [1.82, 2.24) is 14.8 Å². The summed E-state index contributed by atoms with van der Waals surface area (Å²) >= 11 is 0. The summed E-state index contributed by atoms with van der Waals surface area (Å²) in [5.41, 5.74) is 0. The van der Waals surface area contributed by atoms with Gasteiger partial charge in [-0.2, -0.15) is 0 Å². The summed E-state index contributed by atoms with van der Waals surface area (Å²) in [7, 11) is 1.71. The minimum atomic E-state index is 0.671. The monoisotopic (exact) mass is 167 g/mol. The highest BCUT2D eigenvalue weighted by Crippen LogP contribution is 2.38. The molecule has 0 saturated heterocycles. The van der Waals surface area contributed by atoms with Crippen LogP contribution in [0.5, 0.6) is 0 Å². The van der Waals surface area contributed by atoms with Gasteiger partial charge in [-0.15, -0.1) is 10.2 Å². The second-order valence-corrected chi connectivity index (χ2v) is 3.15. The Balaban J connectivity index is 2.03. The molecule has 0 radical (unpaired) electrons. The van der Waals surface area contributed by atoms with E-state index >= 15 is 0 Å². The molecule has 12 heavy (non-hydrogen) atoms. The molecule has 1 aromatic rings. The number of hydrogen-bond acceptors (Lipinski definition) is 3. The molecule has 66 valence electrons. The van der Waals surface area contributed by atoms with E-state index in [9.17, 15) is 0 Å². The first-order valence-corrected chi connectivity index (χ1v) is 4.28. The van der Waals surface area contributed by atoms with E-state index in [1.807, 2.05) is 0 Å². The minimum Gasteiger partial charge on any atom is -0.383 e. The Morgan fingerprint density at radius 2 is 2.50 bits per heavy atom. The first-order valence-electron chi connectivity index (χ1n) is 4.28. The maximum absolute atomic E-state index is 4.99. The highest BCUT2D eigenvalue weighted by Gasteiger charge is 2.28. The van der Waals surface area contributed by atoms with Crippen molar-refractivity contribution < 1.29 is 4.74 Å². The highest BCUT2D eigenvalue weighted by atomic mass is 16.5. The van der Waals surface area contributed by atoms with Crippen molar-refractivity contribution in [2.45, 2.75) is 25.3 Å². The molecule has 1 aliphatic carbocycles. The van der Waals surface area contributed by atoms with E-state index in [4.69, 9.17) is 4.74 Å². The molecule has 1 aromatic heterocycles. The summed E-state index contributed by atoms with van der Waals surface area (Å²) in [6.07, 6.45) is 4.32. The van der Waals surface area contributed by atoms with Crippen LogP contribution in [-0.2, 0) is 11.3 Å². The molecule has 1 fully saturated rings. The van der Waals surface area contributed by atoms with Gasteiger partial charge in [-0.05, 0) is 12.8 Å². The maximum atomic E-state index is 4.99. The van der Waals surface area contributed by atoms with Gasteiger partial charge in [-0.1, -0.05) is 0 Å². The summed E-state index contributed by atoms with van der Waals surface area (Å²) in [5.74, 6) is 1.80. The van der Waals surface area contributed by atoms with Gasteiger partial charge in [0, 0.05) is 19.6 Å². The van der Waals surface area contributed by atoms with Crippen LogP contribution >= 0.6 is 0 Å². The summed E-state index contributed by atoms with van der Waals surface area (Å²) in [6.45, 7) is 1.60. The van der Waals surface area contributed by atoms with Crippen molar-refractivity contribution in [3.63, 3.8) is 0 Å². The average molecular weight is 167 g/mol. The molecule has 0 aromatic carbocycles. The fraction of sp³-hybridized carbons (Fsp3) is 0.750. The van der Waals surface area contributed by atoms with Gasteiger partial charge in [-0.3, -0.25) is 0 Å². The van der Waals surface area contributed by atoms with Crippen molar-refractivity contribution in [2.75, 3.05) is 13.7 Å². The van der Waals surface area contributed by atoms with Gasteiger partial charge in [0.1, 0.15) is 12.2 Å². The lowest BCUT2D eigenvalue weighted by atomic mass is 10.4. The van der Waals surface area contributed by atoms with E-state index in [0.717, 1.165) is 19.0 Å². The minimum absolute atomic E-state index is 0.671. The SMILES string of the molecule is COCCn1cnnc1C1CC1. The molecule has 0 amide bonds. The average Bonchev–Trinajstić information content (AvgIpc) is 2.83. The third kappa shape index (κ3) is 1.48. The summed E-state index contributed by atoms with van der Waals surface area (Å²) < 4.78 is 7.08. The van der Waals surface area contributed by atoms with Gasteiger partial charge in [0.25, 0.3) is 0 Å². The quantitative estimate of drug-likeness (QED) is 0.666. The molecule has 4 heteroatoms. The predicted molar refractivity (Wildman–Crippen MR) is 43.9 cm³/mol. The maximum Gasteiger partial charge on any atom is 0.135 e. The lowest BCUT2D eigenvalue weighted by molar-refractivity contribution is 0.186. The van der Waals surface area contributed by atoms with Gasteiger partial charge in [-0.25, -0.2) is 0 Å². The largest absolute Gasteiger partial charge is 0.383 e. The molecule has 0 spiro atoms. The topological polar surface area (TPSA) is 39.9 Å². The van der Waals surface area contributed by atoms with Crippen LogP contribution < -0.4 is 0 Å². The van der Waals surface area contributed by atoms with Gasteiger partial charge in [0.15, 0.2) is 0 Å². The Hall–Kier alpha value is -0.900. The van der Waals surface area contributed by atoms with Gasteiger partial charge < -0.3 is 9.30 Å². The van der Waals surface area contributed by atoms with Crippen LogP contribution in [0.3, 0.4) is 0 Å². The number of rotatable bonds is 4. The molecule has 1 saturated carbocycles. The van der Waals surface area contributed by atoms with Crippen LogP contribution in [0.25, 0.3) is 0 Å². The van der Waals surface area contributed by atoms with Crippen molar-refractivity contribution in [1.29, 1.82) is 0 Å². The number of ether oxygens (including phenoxy) is 1. The number of methoxy groups -OCH3 is 1. The molecule has 4 nitrogen and oxygen atoms in total. The van der Waals surface area contributed by atoms with Gasteiger partial charge in [0.05, 0.1) is 6.61 Å². The van der Waals surface area contributed by atoms with E-state index in [1.54, 1.807) is 13.4 Å². The molecular weight excluding hydrogens is 154 g/mol. The van der Waals surface area contributed by atoms with Crippen LogP contribution in [0, 0.1) is 0 Å². The van der Waals surface area contributed by atoms with E-state index in [2.05, 4.69) is 14.8 Å². The fourth-order valence-electron chi connectivity index (χ4n) is 1.28. The van der Waals surface area contributed by atoms with Crippen LogP contribution in [0.2, 0.25) is 0 Å². The van der Waals surface area contributed by atoms with Crippen LogP contribution in [0.4, 0.5) is 0 Å². The standard InChI is InChI=1S/C8H13N3O/c1-12-5-4-11-6-9-10-8(11)7-2-3-7/h6-7H,2-5H2,1H3. The highest BCUT2D eigenvalue weighted by molar-refractivity contribution is 5.04. The number of hydrogen-bond donors (Lipinski definition) is 0. The van der Waals surface area contributed by atoms with Crippen molar-refractivity contribution in [3.05, 3.63) is 12.2 Å². The molecule has 1 heterocycles. The molecule has 1 aliphatic rings. The molecule has 0 bridgehead atoms. The molecule has 0 aliphatic heterocycles.